The zero-order chi connectivity index (χ0) is 21.8. The van der Waals surface area contributed by atoms with Crippen molar-refractivity contribution in [2.75, 3.05) is 6.61 Å². The topological polar surface area (TPSA) is 81.2 Å². The zero-order valence-corrected chi connectivity index (χ0v) is 18.8. The van der Waals surface area contributed by atoms with Crippen LogP contribution in [-0.2, 0) is 13.0 Å². The molecular weight excluding hydrogens is 445 g/mol. The number of nitro benzene ring substituents is 1. The Morgan fingerprint density at radius 3 is 2.33 bits per heavy atom. The van der Waals surface area contributed by atoms with E-state index in [0.29, 0.717) is 23.0 Å². The van der Waals surface area contributed by atoms with Gasteiger partial charge in [0.15, 0.2) is 0 Å². The van der Waals surface area contributed by atoms with Crippen LogP contribution in [0.5, 0.6) is 0 Å². The second kappa shape index (κ2) is 9.83. The minimum Gasteiger partial charge on any atom is -0.396 e. The number of hydrogen-bond acceptors (Lipinski definition) is 5. The van der Waals surface area contributed by atoms with Gasteiger partial charge >= 0.3 is 0 Å². The van der Waals surface area contributed by atoms with Crippen LogP contribution in [0.1, 0.15) is 36.8 Å². The number of aromatic nitrogens is 2. The lowest BCUT2D eigenvalue weighted by molar-refractivity contribution is -0.384. The Hall–Kier alpha value is -2.06. The normalized spacial score (nSPS) is 11.3. The molecule has 0 aliphatic heterocycles. The molecular formula is C21H21Cl2N3O3S. The highest BCUT2D eigenvalue weighted by Crippen LogP contribution is 2.37. The molecule has 0 aliphatic rings. The summed E-state index contributed by atoms with van der Waals surface area (Å²) in [5.74, 6) is 0.924. The molecule has 1 N–H and O–H groups in total. The van der Waals surface area contributed by atoms with Gasteiger partial charge < -0.3 is 9.67 Å². The quantitative estimate of drug-likeness (QED) is 0.328. The van der Waals surface area contributed by atoms with E-state index < -0.39 is 4.92 Å². The molecule has 0 spiro atoms. The van der Waals surface area contributed by atoms with Gasteiger partial charge in [0.1, 0.15) is 10.9 Å². The molecule has 3 rings (SSSR count). The van der Waals surface area contributed by atoms with Crippen molar-refractivity contribution in [2.24, 2.45) is 0 Å². The smallest absolute Gasteiger partial charge is 0.269 e. The third kappa shape index (κ3) is 5.35. The molecule has 6 nitrogen and oxygen atoms in total. The first-order valence-corrected chi connectivity index (χ1v) is 10.9. The van der Waals surface area contributed by atoms with Crippen LogP contribution >= 0.6 is 35.0 Å². The maximum Gasteiger partial charge on any atom is 0.269 e. The Balaban J connectivity index is 2.05. The lowest BCUT2D eigenvalue weighted by Gasteiger charge is -2.14. The van der Waals surface area contributed by atoms with Crippen LogP contribution in [0.25, 0.3) is 0 Å². The first-order chi connectivity index (χ1) is 14.3. The number of halogens is 2. The summed E-state index contributed by atoms with van der Waals surface area (Å²) in [6, 6.07) is 11.8. The molecule has 3 aromatic rings. The lowest BCUT2D eigenvalue weighted by Crippen LogP contribution is -2.08. The summed E-state index contributed by atoms with van der Waals surface area (Å²) in [7, 11) is 0. The summed E-state index contributed by atoms with van der Waals surface area (Å²) in [6.45, 7) is 4.58. The molecule has 0 bridgehead atoms. The van der Waals surface area contributed by atoms with Crippen molar-refractivity contribution in [3.8, 4) is 0 Å². The van der Waals surface area contributed by atoms with Gasteiger partial charge in [-0.2, -0.15) is 0 Å². The number of aliphatic hydroxyl groups is 1. The van der Waals surface area contributed by atoms with Gasteiger partial charge in [-0.15, -0.1) is 0 Å². The van der Waals surface area contributed by atoms with Crippen LogP contribution in [0, 0.1) is 10.1 Å². The molecule has 30 heavy (non-hydrogen) atoms. The first-order valence-electron chi connectivity index (χ1n) is 9.36. The first kappa shape index (κ1) is 22.6. The van der Waals surface area contributed by atoms with Crippen LogP contribution in [0.15, 0.2) is 52.4 Å². The molecule has 1 heterocycles. The minimum atomic E-state index is -0.417. The largest absolute Gasteiger partial charge is 0.396 e. The van der Waals surface area contributed by atoms with Gasteiger partial charge in [0.2, 0.25) is 0 Å². The Kier molecular flexibility index (Phi) is 7.41. The highest BCUT2D eigenvalue weighted by atomic mass is 35.5. The maximum absolute atomic E-state index is 10.9. The Morgan fingerprint density at radius 2 is 1.80 bits per heavy atom. The average molecular weight is 466 g/mol. The van der Waals surface area contributed by atoms with Crippen LogP contribution < -0.4 is 0 Å². The van der Waals surface area contributed by atoms with E-state index in [4.69, 9.17) is 28.2 Å². The molecule has 2 aromatic carbocycles. The summed E-state index contributed by atoms with van der Waals surface area (Å²) in [5.41, 5.74) is 1.87. The van der Waals surface area contributed by atoms with Crippen LogP contribution in [-0.4, -0.2) is 26.2 Å². The van der Waals surface area contributed by atoms with Crippen LogP contribution in [0.2, 0.25) is 10.0 Å². The maximum atomic E-state index is 10.9. The zero-order valence-electron chi connectivity index (χ0n) is 16.5. The number of imidazole rings is 1. The lowest BCUT2D eigenvalue weighted by atomic mass is 10.1. The summed E-state index contributed by atoms with van der Waals surface area (Å²) < 4.78 is 2.05. The number of nitro groups is 1. The summed E-state index contributed by atoms with van der Waals surface area (Å²) in [5, 5.41) is 22.5. The van der Waals surface area contributed by atoms with E-state index in [0.717, 1.165) is 27.0 Å². The van der Waals surface area contributed by atoms with Gasteiger partial charge in [0.05, 0.1) is 17.2 Å². The van der Waals surface area contributed by atoms with Crippen LogP contribution in [0.3, 0.4) is 0 Å². The van der Waals surface area contributed by atoms with E-state index in [1.54, 1.807) is 18.2 Å². The number of non-ortho nitro benzene ring substituents is 1. The third-order valence-corrected chi connectivity index (χ3v) is 5.98. The Morgan fingerprint density at radius 1 is 1.17 bits per heavy atom. The standard InChI is InChI=1S/C21H21Cl2N3O3S/c1-13(2)20-21(30-18-10-15(22)9-16(23)11-18)25(19(24-20)7-8-27)12-14-3-5-17(6-4-14)26(28)29/h3-6,9-11,13,27H,7-8,12H2,1-2H3. The second-order valence-corrected chi connectivity index (χ2v) is 9.00. The third-order valence-electron chi connectivity index (χ3n) is 4.45. The van der Waals surface area contributed by atoms with E-state index in [9.17, 15) is 15.2 Å². The van der Waals surface area contributed by atoms with Crippen molar-refractivity contribution in [1.29, 1.82) is 0 Å². The molecule has 9 heteroatoms. The van der Waals surface area contributed by atoms with Gasteiger partial charge in [-0.3, -0.25) is 10.1 Å². The van der Waals surface area contributed by atoms with Gasteiger partial charge in [-0.05, 0) is 29.7 Å². The van der Waals surface area contributed by atoms with Crippen LogP contribution in [0.4, 0.5) is 5.69 Å². The van der Waals surface area contributed by atoms with Crippen molar-refractivity contribution < 1.29 is 10.0 Å². The predicted molar refractivity (Wildman–Crippen MR) is 120 cm³/mol. The molecule has 158 valence electrons. The highest BCUT2D eigenvalue weighted by Gasteiger charge is 2.21. The van der Waals surface area contributed by atoms with E-state index in [2.05, 4.69) is 13.8 Å². The number of hydrogen-bond donors (Lipinski definition) is 1. The second-order valence-electron chi connectivity index (χ2n) is 7.06. The van der Waals surface area contributed by atoms with Crippen molar-refractivity contribution in [3.63, 3.8) is 0 Å². The van der Waals surface area contributed by atoms with Gasteiger partial charge in [0.25, 0.3) is 5.69 Å². The summed E-state index contributed by atoms with van der Waals surface area (Å²) in [6.07, 6.45) is 0.406. The Bertz CT molecular complexity index is 1030. The minimum absolute atomic E-state index is 0.0259. The monoisotopic (exact) mass is 465 g/mol. The fourth-order valence-electron chi connectivity index (χ4n) is 3.04. The van der Waals surface area contributed by atoms with Gasteiger partial charge in [-0.25, -0.2) is 4.98 Å². The van der Waals surface area contributed by atoms with E-state index in [-0.39, 0.29) is 18.2 Å². The van der Waals surface area contributed by atoms with Gasteiger partial charge in [0, 0.05) is 40.0 Å². The molecule has 1 aromatic heterocycles. The predicted octanol–water partition coefficient (Wildman–Crippen LogP) is 5.96. The SMILES string of the molecule is CC(C)c1nc(CCO)n(Cc2ccc([N+](=O)[O-])cc2)c1Sc1cc(Cl)cc(Cl)c1. The molecule has 0 atom stereocenters. The highest BCUT2D eigenvalue weighted by molar-refractivity contribution is 7.99. The van der Waals surface area contributed by atoms with Crippen molar-refractivity contribution >= 4 is 40.7 Å². The molecule has 0 unspecified atom stereocenters. The number of rotatable bonds is 8. The molecule has 0 fully saturated rings. The van der Waals surface area contributed by atoms with E-state index in [1.807, 2.05) is 16.7 Å². The fourth-order valence-corrected chi connectivity index (χ4v) is 4.96. The van der Waals surface area contributed by atoms with Crippen molar-refractivity contribution in [2.45, 2.75) is 42.7 Å². The molecule has 0 saturated heterocycles. The van der Waals surface area contributed by atoms with Crippen molar-refractivity contribution in [3.05, 3.63) is 79.7 Å². The molecule has 0 aliphatic carbocycles. The molecule has 0 amide bonds. The number of aliphatic hydroxyl groups excluding tert-OH is 1. The summed E-state index contributed by atoms with van der Waals surface area (Å²) in [4.78, 5) is 16.2. The van der Waals surface area contributed by atoms with E-state index >= 15 is 0 Å². The molecule has 0 radical (unpaired) electrons. The fraction of sp³-hybridized carbons (Fsp3) is 0.286. The summed E-state index contributed by atoms with van der Waals surface area (Å²) >= 11 is 13.9. The average Bonchev–Trinajstić information content (AvgIpc) is 2.99. The van der Waals surface area contributed by atoms with Gasteiger partial charge in [-0.1, -0.05) is 60.9 Å². The Labute approximate surface area is 189 Å². The van der Waals surface area contributed by atoms with E-state index in [1.165, 1.54) is 23.9 Å². The number of nitrogens with zero attached hydrogens (tertiary/aromatic N) is 3. The van der Waals surface area contributed by atoms with Crippen molar-refractivity contribution in [1.82, 2.24) is 9.55 Å². The number of benzene rings is 2. The molecule has 0 saturated carbocycles.